The van der Waals surface area contributed by atoms with Gasteiger partial charge in [0, 0.05) is 18.0 Å². The number of carbonyl (C=O) groups is 1. The van der Waals surface area contributed by atoms with Crippen LogP contribution in [0.3, 0.4) is 0 Å². The Hall–Kier alpha value is -1.84. The SMILES string of the molecule is Cn1ncc2cc(C=O)cc(O)c21. The van der Waals surface area contributed by atoms with Crippen LogP contribution in [0, 0.1) is 0 Å². The lowest BCUT2D eigenvalue weighted by Gasteiger charge is -1.98. The number of benzene rings is 1. The van der Waals surface area contributed by atoms with Crippen LogP contribution in [-0.4, -0.2) is 21.2 Å². The first-order valence-electron chi connectivity index (χ1n) is 3.82. The molecule has 0 saturated heterocycles. The summed E-state index contributed by atoms with van der Waals surface area (Å²) in [6, 6.07) is 3.12. The van der Waals surface area contributed by atoms with E-state index < -0.39 is 0 Å². The van der Waals surface area contributed by atoms with E-state index in [1.807, 2.05) is 0 Å². The van der Waals surface area contributed by atoms with Crippen LogP contribution < -0.4 is 0 Å². The summed E-state index contributed by atoms with van der Waals surface area (Å²) in [6.45, 7) is 0. The molecule has 13 heavy (non-hydrogen) atoms. The van der Waals surface area contributed by atoms with E-state index in [4.69, 9.17) is 0 Å². The largest absolute Gasteiger partial charge is 0.506 e. The van der Waals surface area contributed by atoms with Gasteiger partial charge < -0.3 is 5.11 Å². The third kappa shape index (κ3) is 1.07. The van der Waals surface area contributed by atoms with E-state index in [1.54, 1.807) is 24.0 Å². The van der Waals surface area contributed by atoms with Crippen molar-refractivity contribution in [2.24, 2.45) is 7.05 Å². The number of nitrogens with zero attached hydrogens (tertiary/aromatic N) is 2. The molecule has 0 spiro atoms. The van der Waals surface area contributed by atoms with E-state index in [9.17, 15) is 9.90 Å². The predicted molar refractivity (Wildman–Crippen MR) is 47.8 cm³/mol. The van der Waals surface area contributed by atoms with Crippen molar-refractivity contribution in [3.63, 3.8) is 0 Å². The summed E-state index contributed by atoms with van der Waals surface area (Å²) in [7, 11) is 1.74. The average Bonchev–Trinajstić information content (AvgIpc) is 2.48. The van der Waals surface area contributed by atoms with E-state index >= 15 is 0 Å². The molecule has 0 fully saturated rings. The Balaban J connectivity index is 2.86. The normalized spacial score (nSPS) is 10.5. The molecule has 0 bridgehead atoms. The molecule has 1 aromatic heterocycles. The summed E-state index contributed by atoms with van der Waals surface area (Å²) >= 11 is 0. The fourth-order valence-corrected chi connectivity index (χ4v) is 1.39. The molecule has 0 radical (unpaired) electrons. The Morgan fingerprint density at radius 1 is 1.54 bits per heavy atom. The van der Waals surface area contributed by atoms with Crippen LogP contribution in [0.5, 0.6) is 5.75 Å². The minimum absolute atomic E-state index is 0.0830. The van der Waals surface area contributed by atoms with Gasteiger partial charge in [-0.25, -0.2) is 0 Å². The van der Waals surface area contributed by atoms with Crippen molar-refractivity contribution in [3.8, 4) is 5.75 Å². The second-order valence-corrected chi connectivity index (χ2v) is 2.86. The minimum Gasteiger partial charge on any atom is -0.506 e. The Bertz CT molecular complexity index is 474. The summed E-state index contributed by atoms with van der Waals surface area (Å²) < 4.78 is 1.57. The van der Waals surface area contributed by atoms with Gasteiger partial charge in [-0.2, -0.15) is 5.10 Å². The lowest BCUT2D eigenvalue weighted by molar-refractivity contribution is 0.112. The highest BCUT2D eigenvalue weighted by molar-refractivity contribution is 5.90. The van der Waals surface area contributed by atoms with Gasteiger partial charge in [0.2, 0.25) is 0 Å². The summed E-state index contributed by atoms with van der Waals surface area (Å²) in [6.07, 6.45) is 2.31. The quantitative estimate of drug-likeness (QED) is 0.662. The van der Waals surface area contributed by atoms with Crippen LogP contribution in [0.4, 0.5) is 0 Å². The van der Waals surface area contributed by atoms with Crippen LogP contribution >= 0.6 is 0 Å². The maximum atomic E-state index is 10.5. The van der Waals surface area contributed by atoms with Gasteiger partial charge in [0.25, 0.3) is 0 Å². The first-order valence-corrected chi connectivity index (χ1v) is 3.82. The fraction of sp³-hybridized carbons (Fsp3) is 0.111. The number of carbonyl (C=O) groups excluding carboxylic acids is 1. The van der Waals surface area contributed by atoms with Gasteiger partial charge in [0.05, 0.1) is 6.20 Å². The van der Waals surface area contributed by atoms with E-state index in [0.717, 1.165) is 5.39 Å². The first kappa shape index (κ1) is 7.79. The average molecular weight is 176 g/mol. The highest BCUT2D eigenvalue weighted by atomic mass is 16.3. The van der Waals surface area contributed by atoms with Crippen LogP contribution in [0.1, 0.15) is 10.4 Å². The van der Waals surface area contributed by atoms with E-state index in [2.05, 4.69) is 5.10 Å². The lowest BCUT2D eigenvalue weighted by Crippen LogP contribution is -1.89. The topological polar surface area (TPSA) is 55.1 Å². The number of fused-ring (bicyclic) bond motifs is 1. The summed E-state index contributed by atoms with van der Waals surface area (Å²) in [5.74, 6) is 0.0830. The molecule has 0 aliphatic carbocycles. The maximum absolute atomic E-state index is 10.5. The number of hydrogen-bond donors (Lipinski definition) is 1. The number of hydrogen-bond acceptors (Lipinski definition) is 3. The first-order chi connectivity index (χ1) is 6.22. The van der Waals surface area contributed by atoms with Crippen molar-refractivity contribution in [1.82, 2.24) is 9.78 Å². The second kappa shape index (κ2) is 2.58. The third-order valence-electron chi connectivity index (χ3n) is 1.97. The highest BCUT2D eigenvalue weighted by Gasteiger charge is 2.06. The summed E-state index contributed by atoms with van der Waals surface area (Å²) in [5.41, 5.74) is 1.10. The molecule has 0 aliphatic rings. The van der Waals surface area contributed by atoms with Crippen molar-refractivity contribution >= 4 is 17.2 Å². The Kier molecular flexibility index (Phi) is 1.55. The van der Waals surface area contributed by atoms with Gasteiger partial charge in [-0.15, -0.1) is 0 Å². The Labute approximate surface area is 74.4 Å². The molecule has 0 atom stereocenters. The Morgan fingerprint density at radius 3 is 3.00 bits per heavy atom. The second-order valence-electron chi connectivity index (χ2n) is 2.86. The van der Waals surface area contributed by atoms with Crippen LogP contribution in [-0.2, 0) is 7.05 Å². The number of rotatable bonds is 1. The molecular weight excluding hydrogens is 168 g/mol. The molecule has 0 unspecified atom stereocenters. The van der Waals surface area contributed by atoms with Crippen molar-refractivity contribution in [1.29, 1.82) is 0 Å². The molecule has 1 heterocycles. The molecule has 4 heteroatoms. The number of aromatic nitrogens is 2. The standard InChI is InChI=1S/C9H8N2O2/c1-11-9-7(4-10-11)2-6(5-12)3-8(9)13/h2-5,13H,1H3. The van der Waals surface area contributed by atoms with E-state index in [-0.39, 0.29) is 5.75 Å². The highest BCUT2D eigenvalue weighted by Crippen LogP contribution is 2.24. The zero-order chi connectivity index (χ0) is 9.42. The van der Waals surface area contributed by atoms with E-state index in [0.29, 0.717) is 17.4 Å². The van der Waals surface area contributed by atoms with Gasteiger partial charge >= 0.3 is 0 Å². The minimum atomic E-state index is 0.0830. The zero-order valence-corrected chi connectivity index (χ0v) is 7.06. The number of phenols is 1. The van der Waals surface area contributed by atoms with E-state index in [1.165, 1.54) is 6.07 Å². The van der Waals surface area contributed by atoms with Gasteiger partial charge in [-0.05, 0) is 12.1 Å². The molecular formula is C9H8N2O2. The van der Waals surface area contributed by atoms with Crippen LogP contribution in [0.15, 0.2) is 18.3 Å². The summed E-state index contributed by atoms with van der Waals surface area (Å²) in [4.78, 5) is 10.5. The smallest absolute Gasteiger partial charge is 0.150 e. The number of aryl methyl sites for hydroxylation is 1. The van der Waals surface area contributed by atoms with Crippen molar-refractivity contribution in [2.75, 3.05) is 0 Å². The molecule has 1 aromatic carbocycles. The zero-order valence-electron chi connectivity index (χ0n) is 7.06. The van der Waals surface area contributed by atoms with Gasteiger partial charge in [-0.1, -0.05) is 0 Å². The number of aldehydes is 1. The summed E-state index contributed by atoms with van der Waals surface area (Å²) in [5, 5.41) is 14.3. The van der Waals surface area contributed by atoms with Crippen LogP contribution in [0.25, 0.3) is 10.9 Å². The molecule has 4 nitrogen and oxygen atoms in total. The maximum Gasteiger partial charge on any atom is 0.150 e. The molecule has 2 aromatic rings. The molecule has 0 amide bonds. The molecule has 0 aliphatic heterocycles. The molecule has 66 valence electrons. The van der Waals surface area contributed by atoms with Gasteiger partial charge in [-0.3, -0.25) is 9.48 Å². The third-order valence-corrected chi connectivity index (χ3v) is 1.97. The predicted octanol–water partition coefficient (Wildman–Crippen LogP) is 1.09. The van der Waals surface area contributed by atoms with Crippen LogP contribution in [0.2, 0.25) is 0 Å². The van der Waals surface area contributed by atoms with Crippen molar-refractivity contribution in [2.45, 2.75) is 0 Å². The van der Waals surface area contributed by atoms with Crippen molar-refractivity contribution in [3.05, 3.63) is 23.9 Å². The monoisotopic (exact) mass is 176 g/mol. The molecule has 1 N–H and O–H groups in total. The number of aromatic hydroxyl groups is 1. The fourth-order valence-electron chi connectivity index (χ4n) is 1.39. The molecule has 0 saturated carbocycles. The number of phenolic OH excluding ortho intramolecular Hbond substituents is 1. The Morgan fingerprint density at radius 2 is 2.31 bits per heavy atom. The van der Waals surface area contributed by atoms with Crippen molar-refractivity contribution < 1.29 is 9.90 Å². The lowest BCUT2D eigenvalue weighted by atomic mass is 10.1. The van der Waals surface area contributed by atoms with Gasteiger partial charge in [0.1, 0.15) is 17.6 Å². The molecule has 2 rings (SSSR count). The van der Waals surface area contributed by atoms with Gasteiger partial charge in [0.15, 0.2) is 0 Å².